The van der Waals surface area contributed by atoms with E-state index in [1.807, 2.05) is 48.7 Å². The Morgan fingerprint density at radius 2 is 1.68 bits per heavy atom. The number of hydrogen-bond donors (Lipinski definition) is 0. The van der Waals surface area contributed by atoms with Crippen molar-refractivity contribution in [2.24, 2.45) is 0 Å². The molecule has 25 heavy (non-hydrogen) atoms. The molecule has 0 atom stereocenters. The van der Waals surface area contributed by atoms with Crippen molar-refractivity contribution in [1.29, 1.82) is 0 Å². The van der Waals surface area contributed by atoms with E-state index in [9.17, 15) is 8.42 Å². The summed E-state index contributed by atoms with van der Waals surface area (Å²) in [6.45, 7) is 3.95. The molecule has 0 fully saturated rings. The first-order valence-corrected chi connectivity index (χ1v) is 10.6. The van der Waals surface area contributed by atoms with Gasteiger partial charge in [0.1, 0.15) is 5.75 Å². The van der Waals surface area contributed by atoms with Gasteiger partial charge in [-0.15, -0.1) is 10.2 Å². The minimum Gasteiger partial charge on any atom is -0.273 e. The van der Waals surface area contributed by atoms with Crippen LogP contribution in [-0.2, 0) is 15.6 Å². The summed E-state index contributed by atoms with van der Waals surface area (Å²) in [5, 5.41) is 9.04. The van der Waals surface area contributed by atoms with Gasteiger partial charge in [0.2, 0.25) is 0 Å². The maximum absolute atomic E-state index is 12.8. The van der Waals surface area contributed by atoms with E-state index < -0.39 is 9.84 Å². The lowest BCUT2D eigenvalue weighted by Gasteiger charge is -2.10. The van der Waals surface area contributed by atoms with Crippen LogP contribution in [0.4, 0.5) is 0 Å². The number of hydrogen-bond acceptors (Lipinski definition) is 5. The molecule has 5 nitrogen and oxygen atoms in total. The Bertz CT molecular complexity index is 950. The van der Waals surface area contributed by atoms with E-state index in [-0.39, 0.29) is 5.75 Å². The Morgan fingerprint density at radius 3 is 2.32 bits per heavy atom. The van der Waals surface area contributed by atoms with Crippen molar-refractivity contribution in [1.82, 2.24) is 14.8 Å². The SMILES string of the molecule is CCSc1nnc(CS(=O)(=O)c2ccc(C)cc2)n1-c1ccccc1. The zero-order valence-electron chi connectivity index (χ0n) is 14.1. The molecule has 0 unspecified atom stereocenters. The van der Waals surface area contributed by atoms with E-state index >= 15 is 0 Å². The summed E-state index contributed by atoms with van der Waals surface area (Å²) >= 11 is 1.54. The normalized spacial score (nSPS) is 11.6. The highest BCUT2D eigenvalue weighted by molar-refractivity contribution is 7.99. The minimum absolute atomic E-state index is 0.192. The van der Waals surface area contributed by atoms with E-state index in [1.54, 1.807) is 24.3 Å². The number of nitrogens with zero attached hydrogens (tertiary/aromatic N) is 3. The van der Waals surface area contributed by atoms with E-state index in [1.165, 1.54) is 11.8 Å². The molecule has 7 heteroatoms. The molecule has 0 N–H and O–H groups in total. The summed E-state index contributed by atoms with van der Waals surface area (Å²) < 4.78 is 27.4. The van der Waals surface area contributed by atoms with Crippen LogP contribution in [0.15, 0.2) is 64.6 Å². The van der Waals surface area contributed by atoms with Crippen LogP contribution in [0.3, 0.4) is 0 Å². The van der Waals surface area contributed by atoms with Gasteiger partial charge in [0, 0.05) is 5.69 Å². The first-order valence-electron chi connectivity index (χ1n) is 7.93. The Morgan fingerprint density at radius 1 is 1.00 bits per heavy atom. The number of aryl methyl sites for hydroxylation is 1. The largest absolute Gasteiger partial charge is 0.273 e. The van der Waals surface area contributed by atoms with Crippen LogP contribution in [-0.4, -0.2) is 28.9 Å². The van der Waals surface area contributed by atoms with Crippen molar-refractivity contribution < 1.29 is 8.42 Å². The molecule has 0 saturated heterocycles. The fourth-order valence-corrected chi connectivity index (χ4v) is 4.39. The maximum Gasteiger partial charge on any atom is 0.195 e. The highest BCUT2D eigenvalue weighted by Crippen LogP contribution is 2.24. The predicted molar refractivity (Wildman–Crippen MR) is 99.8 cm³/mol. The molecule has 0 spiro atoms. The number of sulfone groups is 1. The van der Waals surface area contributed by atoms with Crippen molar-refractivity contribution in [3.63, 3.8) is 0 Å². The zero-order valence-corrected chi connectivity index (χ0v) is 15.7. The molecule has 0 aliphatic heterocycles. The smallest absolute Gasteiger partial charge is 0.195 e. The fraction of sp³-hybridized carbons (Fsp3) is 0.222. The lowest BCUT2D eigenvalue weighted by atomic mass is 10.2. The van der Waals surface area contributed by atoms with Crippen molar-refractivity contribution in [3.8, 4) is 5.69 Å². The van der Waals surface area contributed by atoms with E-state index in [0.717, 1.165) is 17.0 Å². The molecule has 0 aliphatic carbocycles. The molecular weight excluding hydrogens is 354 g/mol. The Labute approximate surface area is 152 Å². The van der Waals surface area contributed by atoms with Gasteiger partial charge in [0.05, 0.1) is 4.90 Å². The van der Waals surface area contributed by atoms with Crippen LogP contribution in [0.5, 0.6) is 0 Å². The third kappa shape index (κ3) is 3.93. The van der Waals surface area contributed by atoms with Crippen LogP contribution in [0.1, 0.15) is 18.3 Å². The van der Waals surface area contributed by atoms with E-state index in [4.69, 9.17) is 0 Å². The second-order valence-electron chi connectivity index (χ2n) is 5.57. The standard InChI is InChI=1S/C18H19N3O2S2/c1-3-24-18-20-19-17(21(18)15-7-5-4-6-8-15)13-25(22,23)16-11-9-14(2)10-12-16/h4-12H,3,13H2,1-2H3. The lowest BCUT2D eigenvalue weighted by Crippen LogP contribution is -2.11. The molecule has 0 saturated carbocycles. The van der Waals surface area contributed by atoms with Crippen molar-refractivity contribution >= 4 is 21.6 Å². The van der Waals surface area contributed by atoms with Gasteiger partial charge in [-0.25, -0.2) is 8.42 Å². The minimum atomic E-state index is -3.49. The molecule has 0 aliphatic rings. The van der Waals surface area contributed by atoms with Crippen LogP contribution < -0.4 is 0 Å². The van der Waals surface area contributed by atoms with Crippen LogP contribution in [0.25, 0.3) is 5.69 Å². The molecule has 1 aromatic heterocycles. The average molecular weight is 374 g/mol. The van der Waals surface area contributed by atoms with Gasteiger partial charge in [0.25, 0.3) is 0 Å². The third-order valence-corrected chi connectivity index (χ3v) is 6.13. The van der Waals surface area contributed by atoms with Gasteiger partial charge in [-0.05, 0) is 36.9 Å². The van der Waals surface area contributed by atoms with E-state index in [0.29, 0.717) is 15.9 Å². The van der Waals surface area contributed by atoms with Crippen LogP contribution in [0.2, 0.25) is 0 Å². The van der Waals surface area contributed by atoms with Gasteiger partial charge in [-0.2, -0.15) is 0 Å². The summed E-state index contributed by atoms with van der Waals surface area (Å²) in [5.74, 6) is 1.06. The van der Waals surface area contributed by atoms with Gasteiger partial charge in [0.15, 0.2) is 20.8 Å². The van der Waals surface area contributed by atoms with Crippen molar-refractivity contribution in [3.05, 3.63) is 66.0 Å². The van der Waals surface area contributed by atoms with Crippen LogP contribution >= 0.6 is 11.8 Å². The summed E-state index contributed by atoms with van der Waals surface area (Å²) in [6, 6.07) is 16.5. The topological polar surface area (TPSA) is 64.8 Å². The number of aromatic nitrogens is 3. The zero-order chi connectivity index (χ0) is 17.9. The highest BCUT2D eigenvalue weighted by atomic mass is 32.2. The number of para-hydroxylation sites is 1. The molecule has 130 valence electrons. The maximum atomic E-state index is 12.8. The number of thioether (sulfide) groups is 1. The highest BCUT2D eigenvalue weighted by Gasteiger charge is 2.22. The summed E-state index contributed by atoms with van der Waals surface area (Å²) in [5.41, 5.74) is 1.88. The quantitative estimate of drug-likeness (QED) is 0.617. The van der Waals surface area contributed by atoms with Gasteiger partial charge in [-0.3, -0.25) is 4.57 Å². The second kappa shape index (κ2) is 7.41. The molecular formula is C18H19N3O2S2. The lowest BCUT2D eigenvalue weighted by molar-refractivity contribution is 0.593. The molecule has 0 radical (unpaired) electrons. The Hall–Kier alpha value is -2.12. The Balaban J connectivity index is 2.01. The van der Waals surface area contributed by atoms with Crippen molar-refractivity contribution in [2.45, 2.75) is 29.7 Å². The van der Waals surface area contributed by atoms with Crippen molar-refractivity contribution in [2.75, 3.05) is 5.75 Å². The van der Waals surface area contributed by atoms with E-state index in [2.05, 4.69) is 10.2 Å². The fourth-order valence-electron chi connectivity index (χ4n) is 2.45. The molecule has 0 bridgehead atoms. The summed E-state index contributed by atoms with van der Waals surface area (Å²) in [6.07, 6.45) is 0. The van der Waals surface area contributed by atoms with Gasteiger partial charge in [-0.1, -0.05) is 54.6 Å². The summed E-state index contributed by atoms with van der Waals surface area (Å²) in [7, 11) is -3.49. The first kappa shape index (κ1) is 17.7. The number of rotatable bonds is 6. The second-order valence-corrected chi connectivity index (χ2v) is 8.80. The number of benzene rings is 2. The summed E-state index contributed by atoms with van der Waals surface area (Å²) in [4.78, 5) is 0.297. The van der Waals surface area contributed by atoms with Gasteiger partial charge >= 0.3 is 0 Å². The monoisotopic (exact) mass is 373 g/mol. The van der Waals surface area contributed by atoms with Crippen LogP contribution in [0, 0.1) is 6.92 Å². The third-order valence-electron chi connectivity index (χ3n) is 3.69. The molecule has 2 aromatic carbocycles. The molecule has 0 amide bonds. The average Bonchev–Trinajstić information content (AvgIpc) is 2.98. The molecule has 1 heterocycles. The molecule has 3 rings (SSSR count). The molecule has 3 aromatic rings. The first-order chi connectivity index (χ1) is 12.0. The predicted octanol–water partition coefficient (Wildman–Crippen LogP) is 3.66. The van der Waals surface area contributed by atoms with Gasteiger partial charge < -0.3 is 0 Å². The Kier molecular flexibility index (Phi) is 5.24.